The Balaban J connectivity index is 1.61. The zero-order valence-corrected chi connectivity index (χ0v) is 15.7. The first-order chi connectivity index (χ1) is 13.5. The zero-order chi connectivity index (χ0) is 20.1. The normalized spacial score (nSPS) is 15.9. The van der Waals surface area contributed by atoms with Crippen molar-refractivity contribution < 1.29 is 23.8 Å². The number of hydrogen-bond donors (Lipinski definition) is 1. The minimum Gasteiger partial charge on any atom is -0.497 e. The van der Waals surface area contributed by atoms with Crippen molar-refractivity contribution in [3.05, 3.63) is 59.9 Å². The molecule has 6 nitrogen and oxygen atoms in total. The van der Waals surface area contributed by atoms with Gasteiger partial charge in [-0.1, -0.05) is 0 Å². The van der Waals surface area contributed by atoms with E-state index < -0.39 is 17.8 Å². The summed E-state index contributed by atoms with van der Waals surface area (Å²) in [6.07, 6.45) is -0.135. The van der Waals surface area contributed by atoms with Gasteiger partial charge in [0.15, 0.2) is 5.78 Å². The predicted octanol–water partition coefficient (Wildman–Crippen LogP) is 2.68. The van der Waals surface area contributed by atoms with E-state index >= 15 is 0 Å². The second kappa shape index (κ2) is 8.84. The molecule has 1 aliphatic rings. The molecule has 0 bridgehead atoms. The summed E-state index contributed by atoms with van der Waals surface area (Å²) in [7, 11) is 1.62. The number of halogens is 1. The first-order valence-electron chi connectivity index (χ1n) is 9.12. The maximum Gasteiger partial charge on any atom is 0.321 e. The van der Waals surface area contributed by atoms with Crippen LogP contribution in [0.5, 0.6) is 5.75 Å². The molecule has 1 aliphatic heterocycles. The highest BCUT2D eigenvalue weighted by Gasteiger charge is 2.31. The quantitative estimate of drug-likeness (QED) is 0.738. The average Bonchev–Trinajstić information content (AvgIpc) is 2.72. The van der Waals surface area contributed by atoms with Crippen LogP contribution >= 0.6 is 0 Å². The molecule has 1 unspecified atom stereocenters. The Bertz CT molecular complexity index is 815. The van der Waals surface area contributed by atoms with Crippen LogP contribution in [0.4, 0.5) is 10.1 Å². The molecule has 28 heavy (non-hydrogen) atoms. The number of carbonyl (C=O) groups excluding carboxylic acids is 1. The summed E-state index contributed by atoms with van der Waals surface area (Å²) in [6, 6.07) is 12.0. The largest absolute Gasteiger partial charge is 0.497 e. The van der Waals surface area contributed by atoms with E-state index in [1.54, 1.807) is 7.11 Å². The van der Waals surface area contributed by atoms with Gasteiger partial charge in [-0.3, -0.25) is 14.5 Å². The number of benzene rings is 2. The molecule has 3 rings (SSSR count). The summed E-state index contributed by atoms with van der Waals surface area (Å²) in [5, 5.41) is 9.62. The number of rotatable bonds is 7. The van der Waals surface area contributed by atoms with E-state index in [4.69, 9.17) is 4.74 Å². The molecule has 0 aromatic heterocycles. The molecule has 1 saturated heterocycles. The van der Waals surface area contributed by atoms with Crippen LogP contribution in [-0.2, 0) is 4.79 Å². The summed E-state index contributed by atoms with van der Waals surface area (Å²) < 4.78 is 18.2. The smallest absolute Gasteiger partial charge is 0.321 e. The highest BCUT2D eigenvalue weighted by atomic mass is 19.1. The molecular weight excluding hydrogens is 363 g/mol. The lowest BCUT2D eigenvalue weighted by molar-refractivity contribution is -0.143. The van der Waals surface area contributed by atoms with Gasteiger partial charge in [0.05, 0.1) is 7.11 Å². The molecule has 1 N–H and O–H groups in total. The number of piperazine rings is 1. The molecule has 0 saturated carbocycles. The van der Waals surface area contributed by atoms with Crippen LogP contribution in [-0.4, -0.2) is 61.1 Å². The van der Waals surface area contributed by atoms with Crippen molar-refractivity contribution in [3.8, 4) is 5.75 Å². The minimum atomic E-state index is -1.02. The maximum absolute atomic E-state index is 13.0. The van der Waals surface area contributed by atoms with E-state index in [1.165, 1.54) is 24.3 Å². The number of ketones is 1. The number of Topliss-reactive ketones (excluding diaryl/α,β-unsaturated/α-hetero) is 1. The van der Waals surface area contributed by atoms with E-state index in [9.17, 15) is 19.1 Å². The Labute approximate surface area is 163 Å². The fourth-order valence-electron chi connectivity index (χ4n) is 3.39. The number of carbonyl (C=O) groups is 2. The number of nitrogens with zero attached hydrogens (tertiary/aromatic N) is 2. The molecule has 1 fully saturated rings. The van der Waals surface area contributed by atoms with E-state index in [-0.39, 0.29) is 12.2 Å². The van der Waals surface area contributed by atoms with Crippen molar-refractivity contribution in [1.82, 2.24) is 4.90 Å². The summed E-state index contributed by atoms with van der Waals surface area (Å²) >= 11 is 0. The summed E-state index contributed by atoms with van der Waals surface area (Å²) in [4.78, 5) is 28.2. The highest BCUT2D eigenvalue weighted by Crippen LogP contribution is 2.22. The zero-order valence-electron chi connectivity index (χ0n) is 15.7. The van der Waals surface area contributed by atoms with Gasteiger partial charge >= 0.3 is 5.97 Å². The van der Waals surface area contributed by atoms with Crippen molar-refractivity contribution in [3.63, 3.8) is 0 Å². The van der Waals surface area contributed by atoms with Gasteiger partial charge in [-0.2, -0.15) is 0 Å². The van der Waals surface area contributed by atoms with Crippen LogP contribution in [0.1, 0.15) is 16.8 Å². The number of ether oxygens (including phenoxy) is 1. The lowest BCUT2D eigenvalue weighted by Crippen LogP contribution is -2.53. The Morgan fingerprint density at radius 2 is 1.64 bits per heavy atom. The highest BCUT2D eigenvalue weighted by molar-refractivity contribution is 5.98. The lowest BCUT2D eigenvalue weighted by atomic mass is 10.0. The Morgan fingerprint density at radius 3 is 2.18 bits per heavy atom. The van der Waals surface area contributed by atoms with Crippen molar-refractivity contribution >= 4 is 17.4 Å². The van der Waals surface area contributed by atoms with Crippen molar-refractivity contribution in [2.24, 2.45) is 0 Å². The molecule has 0 spiro atoms. The first-order valence-corrected chi connectivity index (χ1v) is 9.12. The van der Waals surface area contributed by atoms with Gasteiger partial charge in [0, 0.05) is 43.9 Å². The van der Waals surface area contributed by atoms with Crippen molar-refractivity contribution in [2.45, 2.75) is 12.5 Å². The number of aliphatic carboxylic acids is 1. The molecule has 1 atom stereocenters. The predicted molar refractivity (Wildman–Crippen MR) is 104 cm³/mol. The Morgan fingerprint density at radius 1 is 1.04 bits per heavy atom. The number of carboxylic acids is 1. The van der Waals surface area contributed by atoms with E-state index in [0.29, 0.717) is 31.7 Å². The van der Waals surface area contributed by atoms with Crippen LogP contribution in [0.15, 0.2) is 48.5 Å². The molecule has 2 aromatic carbocycles. The number of carboxylic acid groups (broad SMARTS) is 1. The topological polar surface area (TPSA) is 70.1 Å². The summed E-state index contributed by atoms with van der Waals surface area (Å²) in [5.41, 5.74) is 1.37. The fourth-order valence-corrected chi connectivity index (χ4v) is 3.39. The SMILES string of the molecule is COc1ccc(N2CCN(C(CC(=O)c3ccc(F)cc3)C(=O)O)CC2)cc1. The molecular formula is C21H23FN2O4. The third-order valence-electron chi connectivity index (χ3n) is 5.02. The van der Waals surface area contributed by atoms with Gasteiger partial charge in [-0.25, -0.2) is 4.39 Å². The Kier molecular flexibility index (Phi) is 6.26. The molecule has 7 heteroatoms. The van der Waals surface area contributed by atoms with Crippen LogP contribution in [0.3, 0.4) is 0 Å². The monoisotopic (exact) mass is 386 g/mol. The van der Waals surface area contributed by atoms with Crippen LogP contribution in [0.25, 0.3) is 0 Å². The lowest BCUT2D eigenvalue weighted by Gasteiger charge is -2.38. The summed E-state index contributed by atoms with van der Waals surface area (Å²) in [6.45, 7) is 2.42. The van der Waals surface area contributed by atoms with Crippen LogP contribution in [0.2, 0.25) is 0 Å². The number of anilines is 1. The van der Waals surface area contributed by atoms with E-state index in [2.05, 4.69) is 4.90 Å². The molecule has 2 aromatic rings. The molecule has 0 aliphatic carbocycles. The average molecular weight is 386 g/mol. The third kappa shape index (κ3) is 4.67. The first kappa shape index (κ1) is 19.8. The van der Waals surface area contributed by atoms with Gasteiger partial charge in [-0.15, -0.1) is 0 Å². The molecule has 148 valence electrons. The van der Waals surface area contributed by atoms with Crippen LogP contribution in [0, 0.1) is 5.82 Å². The Hall–Kier alpha value is -2.93. The van der Waals surface area contributed by atoms with Crippen molar-refractivity contribution in [2.75, 3.05) is 38.2 Å². The van der Waals surface area contributed by atoms with Crippen molar-refractivity contribution in [1.29, 1.82) is 0 Å². The number of methoxy groups -OCH3 is 1. The number of hydrogen-bond acceptors (Lipinski definition) is 5. The standard InChI is InChI=1S/C21H23FN2O4/c1-28-18-8-6-17(7-9-18)23-10-12-24(13-11-23)19(21(26)27)14-20(25)15-2-4-16(22)5-3-15/h2-9,19H,10-14H2,1H3,(H,26,27). The van der Waals surface area contributed by atoms with Gasteiger partial charge < -0.3 is 14.7 Å². The van der Waals surface area contributed by atoms with Gasteiger partial charge in [-0.05, 0) is 48.5 Å². The van der Waals surface area contributed by atoms with E-state index in [1.807, 2.05) is 29.2 Å². The van der Waals surface area contributed by atoms with Gasteiger partial charge in [0.1, 0.15) is 17.6 Å². The maximum atomic E-state index is 13.0. The van der Waals surface area contributed by atoms with Crippen LogP contribution < -0.4 is 9.64 Å². The molecule has 0 amide bonds. The fraction of sp³-hybridized carbons (Fsp3) is 0.333. The third-order valence-corrected chi connectivity index (χ3v) is 5.02. The second-order valence-electron chi connectivity index (χ2n) is 6.71. The summed E-state index contributed by atoms with van der Waals surface area (Å²) in [5.74, 6) is -0.966. The minimum absolute atomic E-state index is 0.135. The van der Waals surface area contributed by atoms with Gasteiger partial charge in [0.2, 0.25) is 0 Å². The second-order valence-corrected chi connectivity index (χ2v) is 6.71. The molecule has 0 radical (unpaired) electrons. The molecule has 1 heterocycles. The van der Waals surface area contributed by atoms with E-state index in [0.717, 1.165) is 11.4 Å². The van der Waals surface area contributed by atoms with Gasteiger partial charge in [0.25, 0.3) is 0 Å².